The lowest BCUT2D eigenvalue weighted by Gasteiger charge is -2.05. The molecule has 0 saturated heterocycles. The van der Waals surface area contributed by atoms with E-state index >= 15 is 0 Å². The molecule has 0 unspecified atom stereocenters. The highest BCUT2D eigenvalue weighted by Gasteiger charge is 1.85. The Morgan fingerprint density at radius 3 is 2.40 bits per heavy atom. The van der Waals surface area contributed by atoms with E-state index < -0.39 is 0 Å². The third kappa shape index (κ3) is 5.35. The smallest absolute Gasteiger partial charge is 0.0296 e. The predicted molar refractivity (Wildman–Crippen MR) is 45.9 cm³/mol. The minimum Gasteiger partial charge on any atom is -0.277 e. The largest absolute Gasteiger partial charge is 0.277 e. The van der Waals surface area contributed by atoms with Crippen LogP contribution in [0.25, 0.3) is 0 Å². The van der Waals surface area contributed by atoms with Crippen molar-refractivity contribution in [1.82, 2.24) is 5.01 Å². The van der Waals surface area contributed by atoms with Crippen LogP contribution in [0.15, 0.2) is 17.4 Å². The van der Waals surface area contributed by atoms with Crippen LogP contribution in [0.2, 0.25) is 0 Å². The Bertz CT molecular complexity index is 125. The van der Waals surface area contributed by atoms with Gasteiger partial charge in [0.15, 0.2) is 0 Å². The zero-order valence-corrected chi connectivity index (χ0v) is 7.20. The number of rotatable bonds is 3. The molecule has 0 aliphatic heterocycles. The molecule has 0 amide bonds. The highest BCUT2D eigenvalue weighted by atomic mass is 15.4. The summed E-state index contributed by atoms with van der Waals surface area (Å²) >= 11 is 0. The summed E-state index contributed by atoms with van der Waals surface area (Å²) in [7, 11) is 1.92. The number of hydrogen-bond acceptors (Lipinski definition) is 2. The topological polar surface area (TPSA) is 15.6 Å². The molecule has 2 heteroatoms. The van der Waals surface area contributed by atoms with E-state index in [1.807, 2.05) is 32.5 Å². The van der Waals surface area contributed by atoms with Crippen molar-refractivity contribution in [3.63, 3.8) is 0 Å². The van der Waals surface area contributed by atoms with Gasteiger partial charge >= 0.3 is 0 Å². The second-order valence-electron chi connectivity index (χ2n) is 2.56. The van der Waals surface area contributed by atoms with Crippen LogP contribution in [0.3, 0.4) is 0 Å². The summed E-state index contributed by atoms with van der Waals surface area (Å²) in [5.74, 6) is 0.521. The van der Waals surface area contributed by atoms with E-state index in [1.165, 1.54) is 0 Å². The summed E-state index contributed by atoms with van der Waals surface area (Å²) < 4.78 is 0. The monoisotopic (exact) mass is 140 g/mol. The zero-order valence-electron chi connectivity index (χ0n) is 7.20. The van der Waals surface area contributed by atoms with Crippen LogP contribution in [0.5, 0.6) is 0 Å². The lowest BCUT2D eigenvalue weighted by Crippen LogP contribution is -2.02. The molecule has 0 radical (unpaired) electrons. The van der Waals surface area contributed by atoms with E-state index in [1.54, 1.807) is 5.01 Å². The second-order valence-corrected chi connectivity index (χ2v) is 2.56. The molecule has 10 heavy (non-hydrogen) atoms. The Labute approximate surface area is 63.2 Å². The first-order valence-corrected chi connectivity index (χ1v) is 3.56. The summed E-state index contributed by atoms with van der Waals surface area (Å²) in [4.78, 5) is 0. The van der Waals surface area contributed by atoms with Crippen LogP contribution < -0.4 is 0 Å². The Kier molecular flexibility index (Phi) is 4.63. The summed E-state index contributed by atoms with van der Waals surface area (Å²) in [6, 6.07) is 0. The van der Waals surface area contributed by atoms with Gasteiger partial charge < -0.3 is 0 Å². The number of hydrazone groups is 1. The lowest BCUT2D eigenvalue weighted by molar-refractivity contribution is 0.488. The van der Waals surface area contributed by atoms with Gasteiger partial charge in [-0.05, 0) is 12.8 Å². The molecular formula is C8H16N2. The average molecular weight is 140 g/mol. The van der Waals surface area contributed by atoms with Crippen molar-refractivity contribution in [1.29, 1.82) is 0 Å². The van der Waals surface area contributed by atoms with Crippen molar-refractivity contribution in [3.8, 4) is 0 Å². The molecule has 2 nitrogen and oxygen atoms in total. The first kappa shape index (κ1) is 9.21. The van der Waals surface area contributed by atoms with Crippen molar-refractivity contribution in [2.24, 2.45) is 11.0 Å². The van der Waals surface area contributed by atoms with Gasteiger partial charge in [0.05, 0.1) is 0 Å². The van der Waals surface area contributed by atoms with Crippen molar-refractivity contribution < 1.29 is 0 Å². The molecule has 0 spiro atoms. The standard InChI is InChI=1S/C8H16N2/c1-5-6-10(4)9-7-8(2)3/h5-8H,1-4H3/b6-5-,9-7+. The van der Waals surface area contributed by atoms with Crippen LogP contribution in [-0.4, -0.2) is 18.3 Å². The van der Waals surface area contributed by atoms with Crippen LogP contribution in [0.1, 0.15) is 20.8 Å². The Morgan fingerprint density at radius 2 is 2.00 bits per heavy atom. The first-order valence-electron chi connectivity index (χ1n) is 3.56. The molecule has 0 saturated carbocycles. The summed E-state index contributed by atoms with van der Waals surface area (Å²) in [6.45, 7) is 6.18. The normalized spacial score (nSPS) is 12.1. The molecule has 0 aromatic carbocycles. The molecule has 0 aliphatic carbocycles. The summed E-state index contributed by atoms with van der Waals surface area (Å²) in [5.41, 5.74) is 0. The molecular weight excluding hydrogens is 124 g/mol. The molecule has 58 valence electrons. The highest BCUT2D eigenvalue weighted by Crippen LogP contribution is 1.89. The van der Waals surface area contributed by atoms with Crippen molar-refractivity contribution >= 4 is 6.21 Å². The minimum absolute atomic E-state index is 0.521. The van der Waals surface area contributed by atoms with Gasteiger partial charge in [-0.3, -0.25) is 5.01 Å². The van der Waals surface area contributed by atoms with Crippen molar-refractivity contribution in [2.75, 3.05) is 7.05 Å². The molecule has 0 atom stereocenters. The summed E-state index contributed by atoms with van der Waals surface area (Å²) in [6.07, 6.45) is 5.79. The fraction of sp³-hybridized carbons (Fsp3) is 0.625. The maximum Gasteiger partial charge on any atom is 0.0296 e. The number of hydrogen-bond donors (Lipinski definition) is 0. The third-order valence-corrected chi connectivity index (χ3v) is 0.912. The Morgan fingerprint density at radius 1 is 1.40 bits per heavy atom. The lowest BCUT2D eigenvalue weighted by atomic mass is 10.3. The maximum absolute atomic E-state index is 4.13. The van der Waals surface area contributed by atoms with E-state index in [0.717, 1.165) is 0 Å². The van der Waals surface area contributed by atoms with E-state index in [-0.39, 0.29) is 0 Å². The second kappa shape index (κ2) is 5.03. The number of allylic oxidation sites excluding steroid dienone is 1. The number of nitrogens with zero attached hydrogens (tertiary/aromatic N) is 2. The Hall–Kier alpha value is -0.790. The quantitative estimate of drug-likeness (QED) is 0.433. The van der Waals surface area contributed by atoms with Gasteiger partial charge in [0.2, 0.25) is 0 Å². The van der Waals surface area contributed by atoms with E-state index in [2.05, 4.69) is 18.9 Å². The molecule has 0 fully saturated rings. The van der Waals surface area contributed by atoms with Crippen LogP contribution in [-0.2, 0) is 0 Å². The van der Waals surface area contributed by atoms with Gasteiger partial charge in [-0.2, -0.15) is 5.10 Å². The van der Waals surface area contributed by atoms with Gasteiger partial charge in [0.25, 0.3) is 0 Å². The zero-order chi connectivity index (χ0) is 7.98. The van der Waals surface area contributed by atoms with Crippen LogP contribution in [0, 0.1) is 5.92 Å². The third-order valence-electron chi connectivity index (χ3n) is 0.912. The maximum atomic E-state index is 4.13. The fourth-order valence-corrected chi connectivity index (χ4v) is 0.493. The van der Waals surface area contributed by atoms with E-state index in [4.69, 9.17) is 0 Å². The first-order chi connectivity index (χ1) is 4.66. The average Bonchev–Trinajstić information content (AvgIpc) is 1.85. The molecule has 0 heterocycles. The van der Waals surface area contributed by atoms with Gasteiger partial charge in [0.1, 0.15) is 0 Å². The predicted octanol–water partition coefficient (Wildman–Crippen LogP) is 2.09. The van der Waals surface area contributed by atoms with E-state index in [9.17, 15) is 0 Å². The minimum atomic E-state index is 0.521. The highest BCUT2D eigenvalue weighted by molar-refractivity contribution is 5.59. The van der Waals surface area contributed by atoms with Gasteiger partial charge in [-0.1, -0.05) is 19.9 Å². The molecule has 0 N–H and O–H groups in total. The molecule has 0 rings (SSSR count). The van der Waals surface area contributed by atoms with Crippen molar-refractivity contribution in [3.05, 3.63) is 12.3 Å². The molecule has 0 aromatic heterocycles. The molecule has 0 bridgehead atoms. The van der Waals surface area contributed by atoms with Gasteiger partial charge in [0, 0.05) is 19.5 Å². The Balaban J connectivity index is 3.66. The van der Waals surface area contributed by atoms with Gasteiger partial charge in [-0.25, -0.2) is 0 Å². The van der Waals surface area contributed by atoms with E-state index in [0.29, 0.717) is 5.92 Å². The SMILES string of the molecule is C/C=C\N(C)/N=C/C(C)C. The van der Waals surface area contributed by atoms with Crippen LogP contribution in [0.4, 0.5) is 0 Å². The van der Waals surface area contributed by atoms with Crippen molar-refractivity contribution in [2.45, 2.75) is 20.8 Å². The molecule has 0 aliphatic rings. The van der Waals surface area contributed by atoms with Gasteiger partial charge in [-0.15, -0.1) is 0 Å². The van der Waals surface area contributed by atoms with Crippen LogP contribution >= 0.6 is 0 Å². The summed E-state index contributed by atoms with van der Waals surface area (Å²) in [5, 5.41) is 5.93. The fourth-order valence-electron chi connectivity index (χ4n) is 0.493. The molecule has 0 aromatic rings.